The molecule has 2 amide bonds. The van der Waals surface area contributed by atoms with E-state index in [1.807, 2.05) is 13.8 Å². The first kappa shape index (κ1) is 16.6. The molecule has 1 atom stereocenters. The lowest BCUT2D eigenvalue weighted by Gasteiger charge is -2.32. The summed E-state index contributed by atoms with van der Waals surface area (Å²) in [6.07, 6.45) is 5.38. The lowest BCUT2D eigenvalue weighted by molar-refractivity contribution is 0.246. The normalized spacial score (nSPS) is 17.8. The molecule has 3 rings (SSSR count). The van der Waals surface area contributed by atoms with Gasteiger partial charge in [0.15, 0.2) is 0 Å². The number of piperidine rings is 1. The van der Waals surface area contributed by atoms with Gasteiger partial charge < -0.3 is 10.2 Å². The number of amides is 2. The minimum atomic E-state index is -0.248. The van der Waals surface area contributed by atoms with Crippen molar-refractivity contribution in [1.82, 2.24) is 25.5 Å². The molecule has 9 heteroatoms. The lowest BCUT2D eigenvalue weighted by atomic mass is 10.1. The van der Waals surface area contributed by atoms with Crippen LogP contribution in [0.25, 0.3) is 0 Å². The van der Waals surface area contributed by atoms with Gasteiger partial charge in [0, 0.05) is 37.4 Å². The van der Waals surface area contributed by atoms with Crippen molar-refractivity contribution in [2.45, 2.75) is 38.6 Å². The van der Waals surface area contributed by atoms with Gasteiger partial charge in [-0.3, -0.25) is 5.32 Å². The molecule has 0 spiro atoms. The maximum absolute atomic E-state index is 12.2. The van der Waals surface area contributed by atoms with E-state index in [0.29, 0.717) is 23.5 Å². The summed E-state index contributed by atoms with van der Waals surface area (Å²) in [4.78, 5) is 22.8. The van der Waals surface area contributed by atoms with Crippen LogP contribution in [0.5, 0.6) is 0 Å². The first-order valence-corrected chi connectivity index (χ1v) is 8.86. The third-order valence-corrected chi connectivity index (χ3v) is 4.89. The topological polar surface area (TPSA) is 95.9 Å². The largest absolute Gasteiger partial charge is 0.339 e. The third-order valence-electron chi connectivity index (χ3n) is 3.75. The number of anilines is 2. The molecule has 0 saturated carbocycles. The van der Waals surface area contributed by atoms with Crippen LogP contribution in [0.2, 0.25) is 0 Å². The van der Waals surface area contributed by atoms with Crippen LogP contribution in [0.3, 0.4) is 0 Å². The van der Waals surface area contributed by atoms with Crippen molar-refractivity contribution in [2.75, 3.05) is 23.3 Å². The summed E-state index contributed by atoms with van der Waals surface area (Å²) < 4.78 is 0. The fraction of sp³-hybridized carbons (Fsp3) is 0.533. The highest BCUT2D eigenvalue weighted by molar-refractivity contribution is 7.15. The predicted octanol–water partition coefficient (Wildman–Crippen LogP) is 2.24. The van der Waals surface area contributed by atoms with E-state index in [0.717, 1.165) is 24.4 Å². The lowest BCUT2D eigenvalue weighted by Crippen LogP contribution is -2.49. The molecule has 8 nitrogen and oxygen atoms in total. The molecule has 2 N–H and O–H groups in total. The molecule has 0 aromatic carbocycles. The summed E-state index contributed by atoms with van der Waals surface area (Å²) in [5, 5.41) is 15.3. The Morgan fingerprint density at radius 1 is 1.33 bits per heavy atom. The Balaban J connectivity index is 1.54. The van der Waals surface area contributed by atoms with E-state index in [2.05, 4.69) is 35.7 Å². The van der Waals surface area contributed by atoms with Crippen LogP contribution < -0.4 is 15.5 Å². The van der Waals surface area contributed by atoms with E-state index in [1.54, 1.807) is 18.5 Å². The molecule has 0 bridgehead atoms. The quantitative estimate of drug-likeness (QED) is 0.880. The molecular formula is C15H21N7OS. The maximum atomic E-state index is 12.2. The summed E-state index contributed by atoms with van der Waals surface area (Å²) in [5.74, 6) is 1.01. The Morgan fingerprint density at radius 3 is 2.83 bits per heavy atom. The molecule has 0 unspecified atom stereocenters. The molecular weight excluding hydrogens is 326 g/mol. The molecule has 128 valence electrons. The van der Waals surface area contributed by atoms with Crippen LogP contribution >= 0.6 is 11.3 Å². The average Bonchev–Trinajstić information content (AvgIpc) is 3.04. The maximum Gasteiger partial charge on any atom is 0.321 e. The van der Waals surface area contributed by atoms with Crippen molar-refractivity contribution in [2.24, 2.45) is 0 Å². The molecule has 1 fully saturated rings. The van der Waals surface area contributed by atoms with Crippen LogP contribution in [0.1, 0.15) is 37.6 Å². The van der Waals surface area contributed by atoms with Crippen molar-refractivity contribution in [3.05, 3.63) is 23.5 Å². The van der Waals surface area contributed by atoms with Crippen LogP contribution in [0.4, 0.5) is 15.9 Å². The van der Waals surface area contributed by atoms with Crippen molar-refractivity contribution in [1.29, 1.82) is 0 Å². The number of carbonyl (C=O) groups excluding carboxylic acids is 1. The van der Waals surface area contributed by atoms with E-state index in [1.165, 1.54) is 11.3 Å². The average molecular weight is 347 g/mol. The number of aromatic nitrogens is 4. The zero-order valence-electron chi connectivity index (χ0n) is 13.8. The SMILES string of the molecule is CC(C)c1nnc(NC(=O)N[C@@H]2CCCN(c3ncccn3)C2)s1. The number of nitrogens with one attached hydrogen (secondary N) is 2. The monoisotopic (exact) mass is 347 g/mol. The van der Waals surface area contributed by atoms with Crippen molar-refractivity contribution in [3.8, 4) is 0 Å². The second kappa shape index (κ2) is 7.52. The van der Waals surface area contributed by atoms with E-state index >= 15 is 0 Å². The molecule has 1 aliphatic heterocycles. The van der Waals surface area contributed by atoms with Crippen molar-refractivity contribution < 1.29 is 4.79 Å². The fourth-order valence-corrected chi connectivity index (χ4v) is 3.31. The summed E-state index contributed by atoms with van der Waals surface area (Å²) in [7, 11) is 0. The van der Waals surface area contributed by atoms with Gasteiger partial charge in [-0.25, -0.2) is 14.8 Å². The number of nitrogens with zero attached hydrogens (tertiary/aromatic N) is 5. The Labute approximate surface area is 144 Å². The predicted molar refractivity (Wildman–Crippen MR) is 93.4 cm³/mol. The second-order valence-electron chi connectivity index (χ2n) is 6.03. The summed E-state index contributed by atoms with van der Waals surface area (Å²) >= 11 is 1.40. The third kappa shape index (κ3) is 4.16. The van der Waals surface area contributed by atoms with Gasteiger partial charge in [0.2, 0.25) is 11.1 Å². The number of hydrogen-bond acceptors (Lipinski definition) is 7. The molecule has 24 heavy (non-hydrogen) atoms. The van der Waals surface area contributed by atoms with Gasteiger partial charge in [-0.2, -0.15) is 0 Å². The summed E-state index contributed by atoms with van der Waals surface area (Å²) in [6, 6.07) is 1.60. The number of carbonyl (C=O) groups is 1. The Kier molecular flexibility index (Phi) is 5.19. The standard InChI is InChI=1S/C15H21N7OS/c1-10(2)12-20-21-15(24-12)19-14(23)18-11-5-3-8-22(9-11)13-16-6-4-7-17-13/h4,6-7,10-11H,3,5,8-9H2,1-2H3,(H2,18,19,21,23)/t11-/m1/s1. The Hall–Kier alpha value is -2.29. The smallest absolute Gasteiger partial charge is 0.321 e. The van der Waals surface area contributed by atoms with Gasteiger partial charge in [0.05, 0.1) is 0 Å². The van der Waals surface area contributed by atoms with Crippen molar-refractivity contribution >= 4 is 28.4 Å². The van der Waals surface area contributed by atoms with E-state index < -0.39 is 0 Å². The van der Waals surface area contributed by atoms with E-state index in [4.69, 9.17) is 0 Å². The molecule has 0 radical (unpaired) electrons. The molecule has 1 saturated heterocycles. The molecule has 1 aliphatic rings. The van der Waals surface area contributed by atoms with Gasteiger partial charge in [0.1, 0.15) is 5.01 Å². The van der Waals surface area contributed by atoms with Gasteiger partial charge in [-0.15, -0.1) is 10.2 Å². The van der Waals surface area contributed by atoms with Crippen LogP contribution in [-0.4, -0.2) is 45.3 Å². The summed E-state index contributed by atoms with van der Waals surface area (Å²) in [6.45, 7) is 5.70. The van der Waals surface area contributed by atoms with Crippen LogP contribution in [-0.2, 0) is 0 Å². The first-order valence-electron chi connectivity index (χ1n) is 8.04. The van der Waals surface area contributed by atoms with Crippen LogP contribution in [0, 0.1) is 0 Å². The minimum Gasteiger partial charge on any atom is -0.339 e. The van der Waals surface area contributed by atoms with Gasteiger partial charge in [-0.05, 0) is 18.9 Å². The molecule has 3 heterocycles. The van der Waals surface area contributed by atoms with E-state index in [9.17, 15) is 4.79 Å². The Morgan fingerprint density at radius 2 is 2.12 bits per heavy atom. The number of rotatable bonds is 4. The number of hydrogen-bond donors (Lipinski definition) is 2. The molecule has 2 aromatic rings. The molecule has 2 aromatic heterocycles. The van der Waals surface area contributed by atoms with E-state index in [-0.39, 0.29) is 12.1 Å². The van der Waals surface area contributed by atoms with Gasteiger partial charge >= 0.3 is 6.03 Å². The second-order valence-corrected chi connectivity index (χ2v) is 7.04. The minimum absolute atomic E-state index is 0.0556. The first-order chi connectivity index (χ1) is 11.6. The zero-order valence-corrected chi connectivity index (χ0v) is 14.6. The van der Waals surface area contributed by atoms with Crippen molar-refractivity contribution in [3.63, 3.8) is 0 Å². The fourth-order valence-electron chi connectivity index (χ4n) is 2.57. The Bertz CT molecular complexity index is 675. The highest BCUT2D eigenvalue weighted by Gasteiger charge is 2.23. The highest BCUT2D eigenvalue weighted by atomic mass is 32.1. The van der Waals surface area contributed by atoms with Gasteiger partial charge in [0.25, 0.3) is 0 Å². The van der Waals surface area contributed by atoms with Crippen LogP contribution in [0.15, 0.2) is 18.5 Å². The van der Waals surface area contributed by atoms with Gasteiger partial charge in [-0.1, -0.05) is 25.2 Å². The number of urea groups is 1. The highest BCUT2D eigenvalue weighted by Crippen LogP contribution is 2.22. The molecule has 0 aliphatic carbocycles. The zero-order chi connectivity index (χ0) is 16.9. The summed E-state index contributed by atoms with van der Waals surface area (Å²) in [5.41, 5.74) is 0.